The van der Waals surface area contributed by atoms with Crippen molar-refractivity contribution >= 4 is 22.3 Å². The largest absolute Gasteiger partial charge is 0.381 e. The van der Waals surface area contributed by atoms with E-state index in [1.165, 1.54) is 11.4 Å². The van der Waals surface area contributed by atoms with E-state index in [2.05, 4.69) is 44.5 Å². The molecule has 5 nitrogen and oxygen atoms in total. The van der Waals surface area contributed by atoms with Gasteiger partial charge in [0.1, 0.15) is 0 Å². The summed E-state index contributed by atoms with van der Waals surface area (Å²) in [4.78, 5) is 9.23. The van der Waals surface area contributed by atoms with E-state index >= 15 is 0 Å². The number of hydrogen-bond donors (Lipinski definition) is 1. The number of piperazine rings is 1. The molecule has 23 heavy (non-hydrogen) atoms. The van der Waals surface area contributed by atoms with Gasteiger partial charge in [-0.2, -0.15) is 0 Å². The fourth-order valence-corrected chi connectivity index (χ4v) is 3.43. The summed E-state index contributed by atoms with van der Waals surface area (Å²) >= 11 is 1.82. The molecule has 130 valence electrons. The van der Waals surface area contributed by atoms with E-state index in [0.29, 0.717) is 0 Å². The lowest BCUT2D eigenvalue weighted by molar-refractivity contribution is 0.129. The minimum atomic E-state index is 0.830. The number of anilines is 1. The van der Waals surface area contributed by atoms with E-state index in [0.717, 1.165) is 64.7 Å². The number of unbranched alkanes of at least 4 members (excludes halogenated alkanes) is 1. The van der Waals surface area contributed by atoms with Crippen LogP contribution in [0, 0.1) is 0 Å². The Balaban J connectivity index is 1.63. The molecule has 1 N–H and O–H groups in total. The van der Waals surface area contributed by atoms with E-state index < -0.39 is 0 Å². The Hall–Kier alpha value is -1.27. The molecule has 0 bridgehead atoms. The van der Waals surface area contributed by atoms with Crippen molar-refractivity contribution in [1.29, 1.82) is 0 Å². The average molecular weight is 339 g/mol. The van der Waals surface area contributed by atoms with Gasteiger partial charge in [0.05, 0.1) is 5.00 Å². The van der Waals surface area contributed by atoms with E-state index in [4.69, 9.17) is 4.74 Å². The van der Waals surface area contributed by atoms with Crippen LogP contribution in [0.1, 0.15) is 26.2 Å². The Morgan fingerprint density at radius 3 is 2.70 bits per heavy atom. The highest BCUT2D eigenvalue weighted by Gasteiger charge is 2.19. The van der Waals surface area contributed by atoms with Crippen LogP contribution in [0.2, 0.25) is 0 Å². The normalized spacial score (nSPS) is 16.0. The molecule has 1 fully saturated rings. The molecule has 1 aromatic rings. The Bertz CT molecular complexity index is 441. The molecular formula is C17H30N4OS. The van der Waals surface area contributed by atoms with Gasteiger partial charge < -0.3 is 19.9 Å². The summed E-state index contributed by atoms with van der Waals surface area (Å²) in [5.74, 6) is 1.02. The van der Waals surface area contributed by atoms with Crippen molar-refractivity contribution in [3.63, 3.8) is 0 Å². The molecule has 2 heterocycles. The molecule has 6 heteroatoms. The Morgan fingerprint density at radius 2 is 2.04 bits per heavy atom. The summed E-state index contributed by atoms with van der Waals surface area (Å²) < 4.78 is 5.59. The van der Waals surface area contributed by atoms with Crippen LogP contribution in [-0.4, -0.2) is 63.8 Å². The second-order valence-corrected chi connectivity index (χ2v) is 6.64. The maximum Gasteiger partial charge on any atom is 0.193 e. The third-order valence-corrected chi connectivity index (χ3v) is 4.93. The Labute approximate surface area is 144 Å². The van der Waals surface area contributed by atoms with Crippen molar-refractivity contribution in [3.05, 3.63) is 17.5 Å². The van der Waals surface area contributed by atoms with Crippen LogP contribution < -0.4 is 10.2 Å². The number of nitrogens with one attached hydrogen (secondary N) is 1. The van der Waals surface area contributed by atoms with Gasteiger partial charge in [0.15, 0.2) is 5.96 Å². The highest BCUT2D eigenvalue weighted by Crippen LogP contribution is 2.22. The van der Waals surface area contributed by atoms with Gasteiger partial charge in [-0.15, -0.1) is 11.3 Å². The van der Waals surface area contributed by atoms with Gasteiger partial charge in [0.25, 0.3) is 0 Å². The smallest absolute Gasteiger partial charge is 0.193 e. The van der Waals surface area contributed by atoms with Crippen molar-refractivity contribution in [3.8, 4) is 0 Å². The van der Waals surface area contributed by atoms with Crippen molar-refractivity contribution in [1.82, 2.24) is 10.2 Å². The Kier molecular flexibility index (Phi) is 8.25. The molecule has 1 aromatic heterocycles. The van der Waals surface area contributed by atoms with Crippen LogP contribution in [0.4, 0.5) is 5.00 Å². The first-order valence-corrected chi connectivity index (χ1v) is 9.55. The second-order valence-electron chi connectivity index (χ2n) is 5.72. The van der Waals surface area contributed by atoms with Crippen molar-refractivity contribution in [2.24, 2.45) is 4.99 Å². The first-order valence-electron chi connectivity index (χ1n) is 8.67. The van der Waals surface area contributed by atoms with Crippen molar-refractivity contribution in [2.75, 3.05) is 57.9 Å². The lowest BCUT2D eigenvalue weighted by Gasteiger charge is -2.37. The van der Waals surface area contributed by atoms with Crippen LogP contribution in [0.3, 0.4) is 0 Å². The van der Waals surface area contributed by atoms with Crippen LogP contribution in [0.5, 0.6) is 0 Å². The molecular weight excluding hydrogens is 308 g/mol. The number of aliphatic imine (C=N–C) groups is 1. The minimum Gasteiger partial charge on any atom is -0.381 e. The molecule has 0 atom stereocenters. The summed E-state index contributed by atoms with van der Waals surface area (Å²) in [6.45, 7) is 8.97. The van der Waals surface area contributed by atoms with E-state index in [1.54, 1.807) is 0 Å². The van der Waals surface area contributed by atoms with Crippen LogP contribution >= 0.6 is 11.3 Å². The summed E-state index contributed by atoms with van der Waals surface area (Å²) in [5.41, 5.74) is 0. The summed E-state index contributed by atoms with van der Waals surface area (Å²) in [6.07, 6.45) is 3.38. The van der Waals surface area contributed by atoms with Gasteiger partial charge in [-0.3, -0.25) is 4.99 Å². The van der Waals surface area contributed by atoms with Crippen LogP contribution in [0.15, 0.2) is 22.5 Å². The van der Waals surface area contributed by atoms with Crippen LogP contribution in [0.25, 0.3) is 0 Å². The lowest BCUT2D eigenvalue weighted by Crippen LogP contribution is -2.52. The third kappa shape index (κ3) is 6.03. The van der Waals surface area contributed by atoms with Gasteiger partial charge in [0.2, 0.25) is 0 Å². The quantitative estimate of drug-likeness (QED) is 0.449. The molecule has 2 rings (SSSR count). The number of nitrogens with zero attached hydrogens (tertiary/aromatic N) is 3. The predicted molar refractivity (Wildman–Crippen MR) is 99.8 cm³/mol. The molecule has 1 aliphatic heterocycles. The average Bonchev–Trinajstić information content (AvgIpc) is 3.12. The maximum absolute atomic E-state index is 5.59. The molecule has 1 saturated heterocycles. The number of thiophene rings is 1. The second kappa shape index (κ2) is 10.5. The molecule has 0 aliphatic carbocycles. The summed E-state index contributed by atoms with van der Waals surface area (Å²) in [6, 6.07) is 4.32. The van der Waals surface area contributed by atoms with Gasteiger partial charge in [-0.25, -0.2) is 0 Å². The molecule has 0 aromatic carbocycles. The van der Waals surface area contributed by atoms with Gasteiger partial charge in [-0.05, 0) is 30.4 Å². The zero-order chi connectivity index (χ0) is 16.3. The number of ether oxygens (including phenoxy) is 1. The van der Waals surface area contributed by atoms with E-state index in [1.807, 2.05) is 18.4 Å². The van der Waals surface area contributed by atoms with E-state index in [9.17, 15) is 0 Å². The number of guanidine groups is 1. The van der Waals surface area contributed by atoms with Gasteiger partial charge in [-0.1, -0.05) is 13.3 Å². The molecule has 0 radical (unpaired) electrons. The molecule has 0 amide bonds. The number of hydrogen-bond acceptors (Lipinski definition) is 4. The zero-order valence-corrected chi connectivity index (χ0v) is 15.3. The third-order valence-electron chi connectivity index (χ3n) is 4.00. The topological polar surface area (TPSA) is 40.1 Å². The van der Waals surface area contributed by atoms with Crippen LogP contribution in [-0.2, 0) is 4.74 Å². The predicted octanol–water partition coefficient (Wildman–Crippen LogP) is 2.65. The molecule has 1 aliphatic rings. The number of rotatable bonds is 8. The molecule has 0 unspecified atom stereocenters. The Morgan fingerprint density at radius 1 is 1.26 bits per heavy atom. The first kappa shape index (κ1) is 18.1. The first-order chi connectivity index (χ1) is 11.3. The van der Waals surface area contributed by atoms with E-state index in [-0.39, 0.29) is 0 Å². The highest BCUT2D eigenvalue weighted by molar-refractivity contribution is 7.14. The van der Waals surface area contributed by atoms with Gasteiger partial charge >= 0.3 is 0 Å². The molecule has 0 spiro atoms. The standard InChI is InChI=1S/C17H30N4OS/c1-3-4-13-22-14-6-8-19-17(18-2)21-11-9-20(10-12-21)16-7-5-15-23-16/h5,7,15H,3-4,6,8-14H2,1-2H3,(H,18,19). The fourth-order valence-electron chi connectivity index (χ4n) is 2.64. The monoisotopic (exact) mass is 338 g/mol. The van der Waals surface area contributed by atoms with Gasteiger partial charge in [0, 0.05) is 53.0 Å². The van der Waals surface area contributed by atoms with Crippen molar-refractivity contribution in [2.45, 2.75) is 26.2 Å². The SMILES string of the molecule is CCCCOCCCNC(=NC)N1CCN(c2cccs2)CC1. The maximum atomic E-state index is 5.59. The summed E-state index contributed by atoms with van der Waals surface area (Å²) in [5, 5.41) is 6.98. The van der Waals surface area contributed by atoms with Crippen molar-refractivity contribution < 1.29 is 4.74 Å². The minimum absolute atomic E-state index is 0.830. The molecule has 0 saturated carbocycles. The highest BCUT2D eigenvalue weighted by atomic mass is 32.1. The lowest BCUT2D eigenvalue weighted by atomic mass is 10.3. The zero-order valence-electron chi connectivity index (χ0n) is 14.5. The fraction of sp³-hybridized carbons (Fsp3) is 0.706. The summed E-state index contributed by atoms with van der Waals surface area (Å²) in [7, 11) is 1.87.